The molecule has 4 heteroatoms. The number of rotatable bonds is 5. The van der Waals surface area contributed by atoms with Crippen molar-refractivity contribution in [1.82, 2.24) is 0 Å². The SMILES string of the molecule is Cc1ccc(S(=O)(=O)OCC(C)(C)CC(C)(C)C)cc1. The van der Waals surface area contributed by atoms with Crippen molar-refractivity contribution >= 4 is 10.1 Å². The maximum atomic E-state index is 12.1. The third kappa shape index (κ3) is 5.63. The van der Waals surface area contributed by atoms with Crippen LogP contribution in [0.1, 0.15) is 46.6 Å². The Balaban J connectivity index is 2.75. The first-order valence-corrected chi connectivity index (χ1v) is 8.28. The Hall–Kier alpha value is -0.870. The number of hydrogen-bond donors (Lipinski definition) is 0. The van der Waals surface area contributed by atoms with E-state index in [-0.39, 0.29) is 22.3 Å². The fourth-order valence-corrected chi connectivity index (χ4v) is 3.58. The summed E-state index contributed by atoms with van der Waals surface area (Å²) >= 11 is 0. The summed E-state index contributed by atoms with van der Waals surface area (Å²) < 4.78 is 29.5. The standard InChI is InChI=1S/C16H26O3S/c1-13-7-9-14(10-8-13)20(17,18)19-12-16(5,6)11-15(2,3)4/h7-10H,11-12H2,1-6H3. The van der Waals surface area contributed by atoms with Gasteiger partial charge in [-0.2, -0.15) is 8.42 Å². The molecule has 1 aromatic carbocycles. The molecule has 1 aromatic rings. The minimum absolute atomic E-state index is 0.139. The first-order chi connectivity index (χ1) is 8.91. The summed E-state index contributed by atoms with van der Waals surface area (Å²) in [5.74, 6) is 0. The second kappa shape index (κ2) is 5.86. The zero-order valence-corrected chi connectivity index (χ0v) is 14.2. The molecular weight excluding hydrogens is 272 g/mol. The lowest BCUT2D eigenvalue weighted by Crippen LogP contribution is -2.27. The van der Waals surface area contributed by atoms with Gasteiger partial charge in [0.1, 0.15) is 0 Å². The van der Waals surface area contributed by atoms with Crippen molar-refractivity contribution in [2.45, 2.75) is 52.9 Å². The second-order valence-corrected chi connectivity index (χ2v) is 9.05. The molecule has 1 rings (SSSR count). The summed E-state index contributed by atoms with van der Waals surface area (Å²) in [6.07, 6.45) is 0.892. The van der Waals surface area contributed by atoms with Gasteiger partial charge in [-0.15, -0.1) is 0 Å². The van der Waals surface area contributed by atoms with Crippen molar-refractivity contribution in [3.05, 3.63) is 29.8 Å². The van der Waals surface area contributed by atoms with Gasteiger partial charge in [0.2, 0.25) is 0 Å². The molecule has 0 aromatic heterocycles. The van der Waals surface area contributed by atoms with Crippen LogP contribution in [0, 0.1) is 17.8 Å². The molecule has 3 nitrogen and oxygen atoms in total. The maximum Gasteiger partial charge on any atom is 0.296 e. The van der Waals surface area contributed by atoms with E-state index in [1.165, 1.54) is 0 Å². The molecule has 0 fully saturated rings. The molecular formula is C16H26O3S. The molecule has 0 aliphatic carbocycles. The molecule has 0 amide bonds. The molecule has 0 aliphatic heterocycles. The lowest BCUT2D eigenvalue weighted by atomic mass is 9.77. The van der Waals surface area contributed by atoms with E-state index in [4.69, 9.17) is 4.18 Å². The van der Waals surface area contributed by atoms with Crippen LogP contribution in [-0.2, 0) is 14.3 Å². The minimum Gasteiger partial charge on any atom is -0.266 e. The topological polar surface area (TPSA) is 43.4 Å². The number of benzene rings is 1. The van der Waals surface area contributed by atoms with Gasteiger partial charge in [-0.3, -0.25) is 4.18 Å². The molecule has 0 radical (unpaired) electrons. The smallest absolute Gasteiger partial charge is 0.266 e. The van der Waals surface area contributed by atoms with Crippen molar-refractivity contribution in [2.24, 2.45) is 10.8 Å². The van der Waals surface area contributed by atoms with Gasteiger partial charge in [0, 0.05) is 0 Å². The van der Waals surface area contributed by atoms with Crippen LogP contribution in [0.25, 0.3) is 0 Å². The number of aryl methyl sites for hydroxylation is 1. The molecule has 0 unspecified atom stereocenters. The monoisotopic (exact) mass is 298 g/mol. The Kier molecular flexibility index (Phi) is 5.03. The van der Waals surface area contributed by atoms with Crippen LogP contribution >= 0.6 is 0 Å². The van der Waals surface area contributed by atoms with Crippen LogP contribution in [0.15, 0.2) is 29.2 Å². The summed E-state index contributed by atoms with van der Waals surface area (Å²) in [6, 6.07) is 6.72. The summed E-state index contributed by atoms with van der Waals surface area (Å²) in [6.45, 7) is 12.6. The molecule has 0 aliphatic rings. The molecule has 0 spiro atoms. The van der Waals surface area contributed by atoms with E-state index in [1.54, 1.807) is 24.3 Å². The second-order valence-electron chi connectivity index (χ2n) is 7.43. The summed E-state index contributed by atoms with van der Waals surface area (Å²) in [5, 5.41) is 0. The Morgan fingerprint density at radius 2 is 1.50 bits per heavy atom. The Morgan fingerprint density at radius 1 is 1.00 bits per heavy atom. The highest BCUT2D eigenvalue weighted by molar-refractivity contribution is 7.86. The van der Waals surface area contributed by atoms with E-state index in [1.807, 2.05) is 20.8 Å². The van der Waals surface area contributed by atoms with Gasteiger partial charge in [-0.1, -0.05) is 52.3 Å². The molecule has 0 bridgehead atoms. The third-order valence-corrected chi connectivity index (χ3v) is 4.20. The summed E-state index contributed by atoms with van der Waals surface area (Å²) in [5.41, 5.74) is 0.980. The van der Waals surface area contributed by atoms with Crippen LogP contribution in [0.3, 0.4) is 0 Å². The molecule has 0 saturated carbocycles. The van der Waals surface area contributed by atoms with Gasteiger partial charge in [0.25, 0.3) is 10.1 Å². The Bertz CT molecular complexity index is 534. The molecule has 0 atom stereocenters. The zero-order chi connectivity index (χ0) is 15.6. The number of hydrogen-bond acceptors (Lipinski definition) is 3. The predicted molar refractivity (Wildman–Crippen MR) is 82.2 cm³/mol. The Labute approximate surface area is 123 Å². The van der Waals surface area contributed by atoms with Crippen LogP contribution < -0.4 is 0 Å². The van der Waals surface area contributed by atoms with Crippen molar-refractivity contribution in [2.75, 3.05) is 6.61 Å². The van der Waals surface area contributed by atoms with Crippen molar-refractivity contribution in [3.8, 4) is 0 Å². The fraction of sp³-hybridized carbons (Fsp3) is 0.625. The first kappa shape index (κ1) is 17.2. The van der Waals surface area contributed by atoms with E-state index in [0.29, 0.717) is 0 Å². The van der Waals surface area contributed by atoms with E-state index >= 15 is 0 Å². The van der Waals surface area contributed by atoms with E-state index in [0.717, 1.165) is 12.0 Å². The summed E-state index contributed by atoms with van der Waals surface area (Å²) in [4.78, 5) is 0.217. The van der Waals surface area contributed by atoms with E-state index < -0.39 is 10.1 Å². The highest BCUT2D eigenvalue weighted by atomic mass is 32.2. The van der Waals surface area contributed by atoms with Gasteiger partial charge >= 0.3 is 0 Å². The van der Waals surface area contributed by atoms with Gasteiger partial charge in [0.05, 0.1) is 11.5 Å². The first-order valence-electron chi connectivity index (χ1n) is 6.87. The third-order valence-electron chi connectivity index (χ3n) is 2.92. The van der Waals surface area contributed by atoms with Gasteiger partial charge < -0.3 is 0 Å². The van der Waals surface area contributed by atoms with Crippen LogP contribution in [0.4, 0.5) is 0 Å². The average Bonchev–Trinajstić information content (AvgIpc) is 2.24. The minimum atomic E-state index is -3.67. The molecule has 0 N–H and O–H groups in total. The molecule has 20 heavy (non-hydrogen) atoms. The van der Waals surface area contributed by atoms with Crippen molar-refractivity contribution in [3.63, 3.8) is 0 Å². The molecule has 0 heterocycles. The van der Waals surface area contributed by atoms with E-state index in [9.17, 15) is 8.42 Å². The van der Waals surface area contributed by atoms with Crippen LogP contribution in [0.5, 0.6) is 0 Å². The van der Waals surface area contributed by atoms with E-state index in [2.05, 4.69) is 20.8 Å². The lowest BCUT2D eigenvalue weighted by molar-refractivity contribution is 0.129. The van der Waals surface area contributed by atoms with Gasteiger partial charge in [0.15, 0.2) is 0 Å². The zero-order valence-electron chi connectivity index (χ0n) is 13.4. The largest absolute Gasteiger partial charge is 0.296 e. The summed E-state index contributed by atoms with van der Waals surface area (Å²) in [7, 11) is -3.67. The average molecular weight is 298 g/mol. The predicted octanol–water partition coefficient (Wildman–Crippen LogP) is 4.16. The van der Waals surface area contributed by atoms with Crippen LogP contribution in [-0.4, -0.2) is 15.0 Å². The van der Waals surface area contributed by atoms with Gasteiger partial charge in [-0.05, 0) is 36.3 Å². The lowest BCUT2D eigenvalue weighted by Gasteiger charge is -2.31. The maximum absolute atomic E-state index is 12.1. The Morgan fingerprint density at radius 3 is 1.95 bits per heavy atom. The molecule has 0 saturated heterocycles. The molecule has 114 valence electrons. The van der Waals surface area contributed by atoms with Crippen molar-refractivity contribution in [1.29, 1.82) is 0 Å². The highest BCUT2D eigenvalue weighted by Gasteiger charge is 2.28. The quantitative estimate of drug-likeness (QED) is 0.766. The van der Waals surface area contributed by atoms with Crippen molar-refractivity contribution < 1.29 is 12.6 Å². The van der Waals surface area contributed by atoms with Gasteiger partial charge in [-0.25, -0.2) is 0 Å². The fourth-order valence-electron chi connectivity index (χ4n) is 2.50. The normalized spacial score (nSPS) is 13.5. The highest BCUT2D eigenvalue weighted by Crippen LogP contribution is 2.34. The van der Waals surface area contributed by atoms with Crippen LogP contribution in [0.2, 0.25) is 0 Å².